The summed E-state index contributed by atoms with van der Waals surface area (Å²) in [6, 6.07) is 13.3. The van der Waals surface area contributed by atoms with Gasteiger partial charge in [0.2, 0.25) is 0 Å². The summed E-state index contributed by atoms with van der Waals surface area (Å²) in [6.07, 6.45) is 4.11. The number of rotatable bonds is 12. The molecule has 1 N–H and O–H groups in total. The van der Waals surface area contributed by atoms with Gasteiger partial charge in [-0.2, -0.15) is 0 Å². The third-order valence-electron chi connectivity index (χ3n) is 5.43. The smallest absolute Gasteiger partial charge is 0.187 e. The number of hydrogen-bond acceptors (Lipinski definition) is 8. The number of ether oxygens (including phenoxy) is 4. The van der Waals surface area contributed by atoms with E-state index in [2.05, 4.69) is 5.32 Å². The van der Waals surface area contributed by atoms with Crippen LogP contribution >= 0.6 is 0 Å². The molecule has 0 aromatic heterocycles. The van der Waals surface area contributed by atoms with Gasteiger partial charge in [-0.05, 0) is 48.0 Å². The molecule has 0 unspecified atom stereocenters. The van der Waals surface area contributed by atoms with Crippen molar-refractivity contribution in [3.8, 4) is 23.0 Å². The zero-order valence-corrected chi connectivity index (χ0v) is 22.2. The molecule has 3 rings (SSSR count). The lowest BCUT2D eigenvalue weighted by atomic mass is 10.1. The number of allylic oxidation sites excluding steroid dienone is 1. The van der Waals surface area contributed by atoms with Crippen LogP contribution in [0.1, 0.15) is 21.5 Å². The minimum absolute atomic E-state index is 0.290. The largest absolute Gasteiger partial charge is 0.496 e. The van der Waals surface area contributed by atoms with E-state index in [-0.39, 0.29) is 11.5 Å². The van der Waals surface area contributed by atoms with Crippen molar-refractivity contribution in [1.82, 2.24) is 0 Å². The van der Waals surface area contributed by atoms with Gasteiger partial charge in [0.25, 0.3) is 0 Å². The third-order valence-corrected chi connectivity index (χ3v) is 6.72. The summed E-state index contributed by atoms with van der Waals surface area (Å²) in [7, 11) is 2.21. The fraction of sp³-hybridized carbons (Fsp3) is 0.179. The third kappa shape index (κ3) is 7.36. The van der Waals surface area contributed by atoms with E-state index in [0.29, 0.717) is 45.4 Å². The number of anilines is 1. The van der Waals surface area contributed by atoms with Crippen LogP contribution in [0.5, 0.6) is 23.0 Å². The Hall–Kier alpha value is -4.31. The molecule has 8 nitrogen and oxygen atoms in total. The molecule has 38 heavy (non-hydrogen) atoms. The molecule has 0 aliphatic heterocycles. The highest BCUT2D eigenvalue weighted by molar-refractivity contribution is 7.93. The molecule has 0 saturated carbocycles. The first kappa shape index (κ1) is 28.3. The van der Waals surface area contributed by atoms with E-state index >= 15 is 0 Å². The Labute approximate surface area is 221 Å². The molecule has 3 aromatic carbocycles. The topological polar surface area (TPSA) is 100 Å². The minimum atomic E-state index is -3.70. The van der Waals surface area contributed by atoms with Crippen molar-refractivity contribution >= 4 is 27.4 Å². The van der Waals surface area contributed by atoms with Gasteiger partial charge in [0.05, 0.1) is 45.4 Å². The normalized spacial score (nSPS) is 11.5. The molecular weight excluding hydrogens is 513 g/mol. The Balaban J connectivity index is 1.78. The van der Waals surface area contributed by atoms with Crippen LogP contribution in [0, 0.1) is 5.82 Å². The summed E-state index contributed by atoms with van der Waals surface area (Å²) >= 11 is 0. The van der Waals surface area contributed by atoms with Crippen LogP contribution in [0.3, 0.4) is 0 Å². The van der Waals surface area contributed by atoms with Gasteiger partial charge >= 0.3 is 0 Å². The van der Waals surface area contributed by atoms with Gasteiger partial charge in [-0.25, -0.2) is 12.8 Å². The standard InChI is InChI=1S/C28H28FNO7S/c1-34-22-16-27(36-3)23(28(17-22)37-4)12-14-38(32,33)18-19-5-10-26(35-2)24(15-19)30-13-11-25(31)20-6-8-21(29)9-7-20/h5-17,30H,18H2,1-4H3/b13-11-,14-12+. The highest BCUT2D eigenvalue weighted by atomic mass is 32.2. The van der Waals surface area contributed by atoms with Crippen LogP contribution in [0.25, 0.3) is 6.08 Å². The van der Waals surface area contributed by atoms with Gasteiger partial charge in [0.1, 0.15) is 28.8 Å². The molecule has 0 amide bonds. The number of sulfone groups is 1. The molecule has 0 radical (unpaired) electrons. The molecule has 0 atom stereocenters. The van der Waals surface area contributed by atoms with E-state index in [1.807, 2.05) is 0 Å². The maximum atomic E-state index is 13.1. The second kappa shape index (κ2) is 12.8. The van der Waals surface area contributed by atoms with Gasteiger partial charge in [-0.1, -0.05) is 6.07 Å². The second-order valence-corrected chi connectivity index (χ2v) is 9.83. The Morgan fingerprint density at radius 3 is 2.08 bits per heavy atom. The van der Waals surface area contributed by atoms with E-state index in [1.54, 1.807) is 30.3 Å². The Bertz CT molecular complexity index is 1420. The number of hydrogen-bond donors (Lipinski definition) is 1. The summed E-state index contributed by atoms with van der Waals surface area (Å²) in [5.74, 6) is 0.693. The van der Waals surface area contributed by atoms with Crippen LogP contribution in [-0.4, -0.2) is 42.6 Å². The highest BCUT2D eigenvalue weighted by Gasteiger charge is 2.15. The van der Waals surface area contributed by atoms with Crippen molar-refractivity contribution in [3.05, 3.63) is 94.8 Å². The van der Waals surface area contributed by atoms with E-state index in [9.17, 15) is 17.6 Å². The molecule has 0 saturated heterocycles. The quantitative estimate of drug-likeness (QED) is 0.245. The molecule has 0 aliphatic carbocycles. The summed E-state index contributed by atoms with van der Waals surface area (Å²) in [5.41, 5.74) is 1.73. The van der Waals surface area contributed by atoms with Gasteiger partial charge < -0.3 is 24.3 Å². The summed E-state index contributed by atoms with van der Waals surface area (Å²) in [6.45, 7) is 0. The first-order valence-electron chi connectivity index (χ1n) is 11.3. The van der Waals surface area contributed by atoms with Gasteiger partial charge in [0, 0.05) is 35.4 Å². The van der Waals surface area contributed by atoms with Crippen molar-refractivity contribution in [3.63, 3.8) is 0 Å². The highest BCUT2D eigenvalue weighted by Crippen LogP contribution is 2.35. The van der Waals surface area contributed by atoms with E-state index < -0.39 is 15.7 Å². The van der Waals surface area contributed by atoms with Crippen molar-refractivity contribution in [2.45, 2.75) is 5.75 Å². The van der Waals surface area contributed by atoms with Crippen molar-refractivity contribution in [2.75, 3.05) is 33.8 Å². The maximum Gasteiger partial charge on any atom is 0.187 e. The molecule has 0 bridgehead atoms. The van der Waals surface area contributed by atoms with Gasteiger partial charge in [-0.15, -0.1) is 0 Å². The van der Waals surface area contributed by atoms with Crippen LogP contribution in [0.2, 0.25) is 0 Å². The number of benzene rings is 3. The average molecular weight is 542 g/mol. The summed E-state index contributed by atoms with van der Waals surface area (Å²) in [5, 5.41) is 4.04. The van der Waals surface area contributed by atoms with Crippen molar-refractivity contribution in [1.29, 1.82) is 0 Å². The molecule has 10 heteroatoms. The van der Waals surface area contributed by atoms with Crippen molar-refractivity contribution in [2.24, 2.45) is 0 Å². The van der Waals surface area contributed by atoms with E-state index in [4.69, 9.17) is 18.9 Å². The Morgan fingerprint density at radius 1 is 0.868 bits per heavy atom. The zero-order valence-electron chi connectivity index (χ0n) is 21.4. The SMILES string of the molecule is COc1cc(OC)c(/C=C/S(=O)(=O)Cc2ccc(OC)c(N/C=C\C(=O)c3ccc(F)cc3)c2)c(OC)c1. The molecule has 200 valence electrons. The molecule has 0 spiro atoms. The first-order valence-corrected chi connectivity index (χ1v) is 13.0. The average Bonchev–Trinajstić information content (AvgIpc) is 2.91. The van der Waals surface area contributed by atoms with Crippen LogP contribution in [0.15, 0.2) is 72.3 Å². The molecule has 0 aliphatic rings. The lowest BCUT2D eigenvalue weighted by Crippen LogP contribution is -2.02. The second-order valence-electron chi connectivity index (χ2n) is 7.94. The maximum absolute atomic E-state index is 13.1. The van der Waals surface area contributed by atoms with Crippen molar-refractivity contribution < 1.29 is 36.6 Å². The van der Waals surface area contributed by atoms with Crippen LogP contribution in [-0.2, 0) is 15.6 Å². The van der Waals surface area contributed by atoms with E-state index in [0.717, 1.165) is 5.41 Å². The minimum Gasteiger partial charge on any atom is -0.496 e. The van der Waals surface area contributed by atoms with Gasteiger partial charge in [0.15, 0.2) is 15.6 Å². The lowest BCUT2D eigenvalue weighted by molar-refractivity contribution is 0.104. The Morgan fingerprint density at radius 2 is 1.50 bits per heavy atom. The Kier molecular flexibility index (Phi) is 9.50. The number of carbonyl (C=O) groups excluding carboxylic acids is 1. The van der Waals surface area contributed by atoms with Gasteiger partial charge in [-0.3, -0.25) is 4.79 Å². The number of halogens is 1. The van der Waals surface area contributed by atoms with Crippen LogP contribution < -0.4 is 24.3 Å². The molecular formula is C28H28FNO7S. The predicted molar refractivity (Wildman–Crippen MR) is 144 cm³/mol. The summed E-state index contributed by atoms with van der Waals surface area (Å²) in [4.78, 5) is 12.3. The monoisotopic (exact) mass is 541 g/mol. The van der Waals surface area contributed by atoms with E-state index in [1.165, 1.54) is 71.1 Å². The number of methoxy groups -OCH3 is 4. The first-order chi connectivity index (χ1) is 18.2. The fourth-order valence-corrected chi connectivity index (χ4v) is 4.61. The molecule has 3 aromatic rings. The molecule has 0 fully saturated rings. The number of nitrogens with one attached hydrogen (secondary N) is 1. The molecule has 0 heterocycles. The number of ketones is 1. The lowest BCUT2D eigenvalue weighted by Gasteiger charge is -2.12. The number of carbonyl (C=O) groups is 1. The van der Waals surface area contributed by atoms with Crippen LogP contribution in [0.4, 0.5) is 10.1 Å². The summed E-state index contributed by atoms with van der Waals surface area (Å²) < 4.78 is 60.2. The zero-order chi connectivity index (χ0) is 27.7. The predicted octanol–water partition coefficient (Wildman–Crippen LogP) is 5.25. The fourth-order valence-electron chi connectivity index (χ4n) is 3.52.